The van der Waals surface area contributed by atoms with Gasteiger partial charge in [-0.25, -0.2) is 4.98 Å². The van der Waals surface area contributed by atoms with E-state index < -0.39 is 0 Å². The number of hydrogen-bond donors (Lipinski definition) is 1. The number of fused-ring (bicyclic) bond motifs is 1. The summed E-state index contributed by atoms with van der Waals surface area (Å²) in [7, 11) is 0. The van der Waals surface area contributed by atoms with Crippen LogP contribution in [0.15, 0.2) is 71.9 Å². The third-order valence-electron chi connectivity index (χ3n) is 3.95. The zero-order valence-corrected chi connectivity index (χ0v) is 15.5. The van der Waals surface area contributed by atoms with Gasteiger partial charge in [0.1, 0.15) is 4.60 Å². The van der Waals surface area contributed by atoms with Crippen molar-refractivity contribution in [1.82, 2.24) is 14.4 Å². The van der Waals surface area contributed by atoms with E-state index in [1.165, 1.54) is 0 Å². The molecule has 0 atom stereocenters. The SMILES string of the molecule is Clc1cccc(-c2cc(NCc3ccncc3)c3ncc(Br)n3c2)c1. The molecular formula is C19H14BrClN4. The van der Waals surface area contributed by atoms with E-state index in [1.54, 1.807) is 18.6 Å². The van der Waals surface area contributed by atoms with E-state index in [1.807, 2.05) is 40.8 Å². The zero-order valence-electron chi connectivity index (χ0n) is 13.2. The highest BCUT2D eigenvalue weighted by molar-refractivity contribution is 9.10. The molecule has 0 spiro atoms. The Hall–Kier alpha value is -2.37. The van der Waals surface area contributed by atoms with Crippen LogP contribution in [0.2, 0.25) is 5.02 Å². The van der Waals surface area contributed by atoms with Crippen LogP contribution in [0.25, 0.3) is 16.8 Å². The summed E-state index contributed by atoms with van der Waals surface area (Å²) in [6.45, 7) is 0.696. The van der Waals surface area contributed by atoms with E-state index in [0.29, 0.717) is 11.6 Å². The molecule has 0 aliphatic carbocycles. The predicted molar refractivity (Wildman–Crippen MR) is 105 cm³/mol. The molecule has 0 radical (unpaired) electrons. The summed E-state index contributed by atoms with van der Waals surface area (Å²) in [5, 5.41) is 4.19. The van der Waals surface area contributed by atoms with Gasteiger partial charge in [0.05, 0.1) is 11.9 Å². The maximum Gasteiger partial charge on any atom is 0.161 e. The number of halogens is 2. The average Bonchev–Trinajstić information content (AvgIpc) is 3.02. The lowest BCUT2D eigenvalue weighted by Crippen LogP contribution is -2.02. The van der Waals surface area contributed by atoms with Crippen molar-refractivity contribution < 1.29 is 0 Å². The molecule has 4 aromatic rings. The molecule has 124 valence electrons. The smallest absolute Gasteiger partial charge is 0.161 e. The molecule has 4 rings (SSSR count). The van der Waals surface area contributed by atoms with E-state index in [9.17, 15) is 0 Å². The molecule has 1 aromatic carbocycles. The van der Waals surface area contributed by atoms with E-state index in [0.717, 1.165) is 32.6 Å². The Morgan fingerprint density at radius 1 is 1.08 bits per heavy atom. The molecular weight excluding hydrogens is 400 g/mol. The van der Waals surface area contributed by atoms with Gasteiger partial charge in [0.2, 0.25) is 0 Å². The summed E-state index contributed by atoms with van der Waals surface area (Å²) in [6, 6.07) is 13.9. The van der Waals surface area contributed by atoms with Gasteiger partial charge in [-0.2, -0.15) is 0 Å². The number of benzene rings is 1. The van der Waals surface area contributed by atoms with Gasteiger partial charge in [-0.05, 0) is 57.4 Å². The largest absolute Gasteiger partial charge is 0.378 e. The van der Waals surface area contributed by atoms with Crippen LogP contribution < -0.4 is 5.32 Å². The molecule has 0 saturated heterocycles. The Morgan fingerprint density at radius 3 is 2.72 bits per heavy atom. The van der Waals surface area contributed by atoms with Gasteiger partial charge in [0.25, 0.3) is 0 Å². The van der Waals surface area contributed by atoms with Gasteiger partial charge >= 0.3 is 0 Å². The quantitative estimate of drug-likeness (QED) is 0.485. The molecule has 3 aromatic heterocycles. The number of rotatable bonds is 4. The van der Waals surface area contributed by atoms with Crippen molar-refractivity contribution >= 4 is 38.9 Å². The lowest BCUT2D eigenvalue weighted by atomic mass is 10.1. The van der Waals surface area contributed by atoms with Crippen molar-refractivity contribution in [3.05, 3.63) is 82.4 Å². The fourth-order valence-electron chi connectivity index (χ4n) is 2.71. The summed E-state index contributed by atoms with van der Waals surface area (Å²) in [6.07, 6.45) is 7.44. The highest BCUT2D eigenvalue weighted by atomic mass is 79.9. The molecule has 0 aliphatic heterocycles. The van der Waals surface area contributed by atoms with Gasteiger partial charge in [0.15, 0.2) is 5.65 Å². The fraction of sp³-hybridized carbons (Fsp3) is 0.0526. The van der Waals surface area contributed by atoms with Gasteiger partial charge < -0.3 is 5.32 Å². The summed E-state index contributed by atoms with van der Waals surface area (Å²) in [5.74, 6) is 0. The van der Waals surface area contributed by atoms with Crippen LogP contribution in [0.1, 0.15) is 5.56 Å². The van der Waals surface area contributed by atoms with Crippen molar-refractivity contribution in [3.8, 4) is 11.1 Å². The van der Waals surface area contributed by atoms with E-state index in [2.05, 4.69) is 43.5 Å². The lowest BCUT2D eigenvalue weighted by molar-refractivity contribution is 1.10. The van der Waals surface area contributed by atoms with E-state index in [4.69, 9.17) is 11.6 Å². The third kappa shape index (κ3) is 3.38. The van der Waals surface area contributed by atoms with Crippen LogP contribution in [-0.4, -0.2) is 14.4 Å². The first kappa shape index (κ1) is 16.1. The van der Waals surface area contributed by atoms with Crippen molar-refractivity contribution in [2.45, 2.75) is 6.54 Å². The van der Waals surface area contributed by atoms with Crippen LogP contribution in [0, 0.1) is 0 Å². The number of aromatic nitrogens is 3. The van der Waals surface area contributed by atoms with Gasteiger partial charge in [-0.3, -0.25) is 9.38 Å². The zero-order chi connectivity index (χ0) is 17.2. The third-order valence-corrected chi connectivity index (χ3v) is 4.77. The van der Waals surface area contributed by atoms with Crippen LogP contribution in [0.3, 0.4) is 0 Å². The van der Waals surface area contributed by atoms with Crippen molar-refractivity contribution in [1.29, 1.82) is 0 Å². The minimum absolute atomic E-state index is 0.696. The monoisotopic (exact) mass is 412 g/mol. The van der Waals surface area contributed by atoms with Gasteiger partial charge in [0, 0.05) is 35.7 Å². The van der Waals surface area contributed by atoms with Crippen molar-refractivity contribution in [3.63, 3.8) is 0 Å². The maximum atomic E-state index is 6.15. The van der Waals surface area contributed by atoms with Crippen LogP contribution in [-0.2, 0) is 6.54 Å². The molecule has 0 bridgehead atoms. The number of pyridine rings is 2. The number of anilines is 1. The molecule has 25 heavy (non-hydrogen) atoms. The van der Waals surface area contributed by atoms with Crippen LogP contribution in [0.5, 0.6) is 0 Å². The molecule has 1 N–H and O–H groups in total. The van der Waals surface area contributed by atoms with Crippen molar-refractivity contribution in [2.24, 2.45) is 0 Å². The first-order valence-corrected chi connectivity index (χ1v) is 8.93. The fourth-order valence-corrected chi connectivity index (χ4v) is 3.28. The molecule has 3 heterocycles. The minimum Gasteiger partial charge on any atom is -0.378 e. The number of nitrogens with one attached hydrogen (secondary N) is 1. The second-order valence-corrected chi connectivity index (χ2v) is 6.89. The second kappa shape index (κ2) is 6.86. The van der Waals surface area contributed by atoms with Crippen LogP contribution in [0.4, 0.5) is 5.69 Å². The molecule has 0 unspecified atom stereocenters. The highest BCUT2D eigenvalue weighted by Crippen LogP contribution is 2.29. The number of hydrogen-bond acceptors (Lipinski definition) is 3. The van der Waals surface area contributed by atoms with Crippen molar-refractivity contribution in [2.75, 3.05) is 5.32 Å². The Morgan fingerprint density at radius 2 is 1.92 bits per heavy atom. The first-order chi connectivity index (χ1) is 12.2. The molecule has 0 amide bonds. The predicted octanol–water partition coefficient (Wildman–Crippen LogP) is 5.42. The molecule has 6 heteroatoms. The standard InChI is InChI=1S/C19H14BrClN4/c20-18-11-24-19-17(23-10-13-4-6-22-7-5-13)9-15(12-25(18)19)14-2-1-3-16(21)8-14/h1-9,11-12,23H,10H2. The Bertz CT molecular complexity index is 1030. The highest BCUT2D eigenvalue weighted by Gasteiger charge is 2.10. The summed E-state index contributed by atoms with van der Waals surface area (Å²) in [4.78, 5) is 8.55. The lowest BCUT2D eigenvalue weighted by Gasteiger charge is -2.12. The minimum atomic E-state index is 0.696. The normalized spacial score (nSPS) is 11.0. The van der Waals surface area contributed by atoms with Gasteiger partial charge in [-0.1, -0.05) is 23.7 Å². The van der Waals surface area contributed by atoms with Crippen LogP contribution >= 0.6 is 27.5 Å². The topological polar surface area (TPSA) is 42.2 Å². The van der Waals surface area contributed by atoms with Gasteiger partial charge in [-0.15, -0.1) is 0 Å². The Kier molecular flexibility index (Phi) is 4.42. The maximum absolute atomic E-state index is 6.15. The van der Waals surface area contributed by atoms with E-state index >= 15 is 0 Å². The second-order valence-electron chi connectivity index (χ2n) is 5.64. The molecule has 0 saturated carbocycles. The average molecular weight is 414 g/mol. The Balaban J connectivity index is 1.77. The summed E-state index contributed by atoms with van der Waals surface area (Å²) >= 11 is 9.71. The molecule has 4 nitrogen and oxygen atoms in total. The van der Waals surface area contributed by atoms with E-state index in [-0.39, 0.29) is 0 Å². The summed E-state index contributed by atoms with van der Waals surface area (Å²) in [5.41, 5.74) is 5.10. The molecule has 0 aliphatic rings. The summed E-state index contributed by atoms with van der Waals surface area (Å²) < 4.78 is 2.92. The Labute approximate surface area is 158 Å². The molecule has 0 fully saturated rings. The first-order valence-electron chi connectivity index (χ1n) is 7.76. The number of imidazole rings is 1. The number of nitrogens with zero attached hydrogens (tertiary/aromatic N) is 3.